The van der Waals surface area contributed by atoms with Gasteiger partial charge in [0, 0.05) is 6.54 Å². The highest BCUT2D eigenvalue weighted by molar-refractivity contribution is 7.15. The Morgan fingerprint density at radius 2 is 1.79 bits per heavy atom. The molecule has 0 aromatic heterocycles. The number of carbonyl (C=O) groups is 4. The fourth-order valence-electron chi connectivity index (χ4n) is 4.44. The third-order valence-electron chi connectivity index (χ3n) is 6.18. The summed E-state index contributed by atoms with van der Waals surface area (Å²) in [5.74, 6) is -2.13. The normalized spacial score (nSPS) is 20.2. The van der Waals surface area contributed by atoms with Gasteiger partial charge in [-0.05, 0) is 55.6 Å². The molecule has 0 saturated carbocycles. The largest absolute Gasteiger partial charge is 0.381 e. The Hall–Kier alpha value is -2.59. The van der Waals surface area contributed by atoms with Crippen LogP contribution in [0.15, 0.2) is 30.3 Å². The van der Waals surface area contributed by atoms with E-state index in [2.05, 4.69) is 30.4 Å². The molecule has 1 fully saturated rings. The number of nitrogens with one attached hydrogen (secondary N) is 4. The molecule has 6 atom stereocenters. The van der Waals surface area contributed by atoms with Gasteiger partial charge >= 0.3 is 0 Å². The number of amides is 4. The van der Waals surface area contributed by atoms with Crippen molar-refractivity contribution in [3.8, 4) is 0 Å². The van der Waals surface area contributed by atoms with E-state index in [0.717, 1.165) is 0 Å². The summed E-state index contributed by atoms with van der Waals surface area (Å²) >= 11 is 0. The van der Waals surface area contributed by atoms with E-state index >= 15 is 0 Å². The van der Waals surface area contributed by atoms with Gasteiger partial charge in [-0.25, -0.2) is 0 Å². The van der Waals surface area contributed by atoms with E-state index < -0.39 is 48.5 Å². The molecule has 4 amide bonds. The molecule has 12 heteroatoms. The van der Waals surface area contributed by atoms with Crippen LogP contribution in [0.2, 0.25) is 0 Å². The molecule has 1 heterocycles. The summed E-state index contributed by atoms with van der Waals surface area (Å²) in [7, 11) is 3.93. The van der Waals surface area contributed by atoms with E-state index in [1.54, 1.807) is 30.3 Å². The maximum Gasteiger partial charge on any atom is 0.251 e. The fraction of sp³-hybridized carbons (Fsp3) is 0.615. The first kappa shape index (κ1) is 31.6. The van der Waals surface area contributed by atoms with E-state index in [0.29, 0.717) is 31.4 Å². The quantitative estimate of drug-likeness (QED) is 0.236. The molecule has 0 aliphatic carbocycles. The van der Waals surface area contributed by atoms with Crippen LogP contribution in [0.1, 0.15) is 58.6 Å². The lowest BCUT2D eigenvalue weighted by atomic mass is 10.0. The number of likely N-dealkylation sites (N-methyl/N-ethyl adjacent to an activating group) is 1. The van der Waals surface area contributed by atoms with Gasteiger partial charge in [-0.2, -0.15) is 0 Å². The molecule has 1 aliphatic rings. The summed E-state index contributed by atoms with van der Waals surface area (Å²) in [6, 6.07) is 6.45. The summed E-state index contributed by atoms with van der Waals surface area (Å²) in [6.07, 6.45) is -0.155. The van der Waals surface area contributed by atoms with Crippen LogP contribution >= 0.6 is 9.39 Å². The Balaban J connectivity index is 1.94. The molecule has 0 bridgehead atoms. The third-order valence-corrected chi connectivity index (χ3v) is 6.46. The van der Waals surface area contributed by atoms with Crippen LogP contribution in [-0.4, -0.2) is 83.7 Å². The zero-order chi connectivity index (χ0) is 28.5. The van der Waals surface area contributed by atoms with Crippen LogP contribution in [0.25, 0.3) is 0 Å². The first-order valence-electron chi connectivity index (χ1n) is 12.8. The standard InChI is InChI=1S/C26H42N5O6P/c1-6-10-18(28-23(34)19-13-17(15-31(19)5)37-26(2,3)4)22(33)25(36)27-14-20(32)29-21(24(35)30-38)16-11-8-7-9-12-16/h7-9,11-12,17-19,21-22,33H,6,10,13-15,38H2,1-5H3,(H,27,36)(H,28,34)(H,29,32)(H,30,35)/t17-,18?,19+,21+,22?/m1/s1. The molecule has 1 aliphatic heterocycles. The number of rotatable bonds is 12. The number of hydrogen-bond acceptors (Lipinski definition) is 7. The lowest BCUT2D eigenvalue weighted by Crippen LogP contribution is -2.55. The molecular formula is C26H42N5O6P. The third kappa shape index (κ3) is 9.62. The highest BCUT2D eigenvalue weighted by atomic mass is 31.0. The Bertz CT molecular complexity index is 957. The topological polar surface area (TPSA) is 149 Å². The smallest absolute Gasteiger partial charge is 0.251 e. The van der Waals surface area contributed by atoms with Crippen LogP contribution in [0, 0.1) is 0 Å². The van der Waals surface area contributed by atoms with Gasteiger partial charge in [0.1, 0.15) is 6.04 Å². The van der Waals surface area contributed by atoms with Crippen molar-refractivity contribution < 1.29 is 29.0 Å². The average molecular weight is 552 g/mol. The predicted molar refractivity (Wildman–Crippen MR) is 147 cm³/mol. The Labute approximate surface area is 227 Å². The number of aliphatic hydroxyl groups excluding tert-OH is 1. The summed E-state index contributed by atoms with van der Waals surface area (Å²) in [5, 5.41) is 20.9. The average Bonchev–Trinajstić information content (AvgIpc) is 3.23. The lowest BCUT2D eigenvalue weighted by Gasteiger charge is -2.26. The first-order valence-corrected chi connectivity index (χ1v) is 13.4. The van der Waals surface area contributed by atoms with Crippen molar-refractivity contribution in [1.29, 1.82) is 0 Å². The minimum absolute atomic E-state index is 0.0970. The number of hydrogen-bond donors (Lipinski definition) is 5. The van der Waals surface area contributed by atoms with E-state index in [9.17, 15) is 24.3 Å². The Morgan fingerprint density at radius 1 is 1.13 bits per heavy atom. The maximum absolute atomic E-state index is 13.0. The van der Waals surface area contributed by atoms with Gasteiger partial charge in [-0.1, -0.05) is 43.7 Å². The molecule has 0 radical (unpaired) electrons. The molecule has 5 N–H and O–H groups in total. The molecule has 2 rings (SSSR count). The number of benzene rings is 1. The van der Waals surface area contributed by atoms with E-state index in [4.69, 9.17) is 4.74 Å². The fourth-order valence-corrected chi connectivity index (χ4v) is 4.61. The number of likely N-dealkylation sites (tertiary alicyclic amines) is 1. The van der Waals surface area contributed by atoms with Gasteiger partial charge in [-0.3, -0.25) is 24.1 Å². The second kappa shape index (κ2) is 14.5. The first-order chi connectivity index (χ1) is 17.9. The number of ether oxygens (including phenoxy) is 1. The molecule has 11 nitrogen and oxygen atoms in total. The molecule has 38 heavy (non-hydrogen) atoms. The SMILES string of the molecule is CCCC(NC(=O)[C@@H]1C[C@@H](OC(C)(C)C)CN1C)C(O)C(=O)NCC(=O)N[C@H](C(=O)NP)c1ccccc1. The molecule has 212 valence electrons. The van der Waals surface area contributed by atoms with Gasteiger partial charge < -0.3 is 30.9 Å². The zero-order valence-electron chi connectivity index (χ0n) is 22.8. The number of aliphatic hydroxyl groups is 1. The Morgan fingerprint density at radius 3 is 2.37 bits per heavy atom. The highest BCUT2D eigenvalue weighted by Crippen LogP contribution is 2.23. The monoisotopic (exact) mass is 551 g/mol. The van der Waals surface area contributed by atoms with Crippen LogP contribution in [0.5, 0.6) is 0 Å². The van der Waals surface area contributed by atoms with Crippen LogP contribution in [-0.2, 0) is 23.9 Å². The van der Waals surface area contributed by atoms with Gasteiger partial charge in [0.2, 0.25) is 17.7 Å². The van der Waals surface area contributed by atoms with Gasteiger partial charge in [0.05, 0.1) is 30.3 Å². The van der Waals surface area contributed by atoms with E-state index in [-0.39, 0.29) is 17.6 Å². The lowest BCUT2D eigenvalue weighted by molar-refractivity contribution is -0.135. The van der Waals surface area contributed by atoms with Crippen LogP contribution < -0.4 is 21.0 Å². The molecule has 1 aromatic rings. The highest BCUT2D eigenvalue weighted by Gasteiger charge is 2.38. The molecule has 1 aromatic carbocycles. The van der Waals surface area contributed by atoms with Crippen LogP contribution in [0.4, 0.5) is 0 Å². The second-order valence-corrected chi connectivity index (χ2v) is 10.8. The van der Waals surface area contributed by atoms with Crippen molar-refractivity contribution in [2.24, 2.45) is 0 Å². The summed E-state index contributed by atoms with van der Waals surface area (Å²) in [4.78, 5) is 52.4. The summed E-state index contributed by atoms with van der Waals surface area (Å²) in [5.41, 5.74) is 0.243. The van der Waals surface area contributed by atoms with Crippen LogP contribution in [0.3, 0.4) is 0 Å². The number of nitrogens with zero attached hydrogens (tertiary/aromatic N) is 1. The van der Waals surface area contributed by atoms with E-state index in [1.807, 2.05) is 39.6 Å². The summed E-state index contributed by atoms with van der Waals surface area (Å²) in [6.45, 7) is 7.93. The summed E-state index contributed by atoms with van der Waals surface area (Å²) < 4.78 is 6.02. The van der Waals surface area contributed by atoms with E-state index in [1.165, 1.54) is 0 Å². The van der Waals surface area contributed by atoms with Crippen molar-refractivity contribution in [1.82, 2.24) is 25.9 Å². The molecule has 1 saturated heterocycles. The second-order valence-electron chi connectivity index (χ2n) is 10.5. The van der Waals surface area contributed by atoms with Gasteiger partial charge in [0.15, 0.2) is 6.10 Å². The van der Waals surface area contributed by atoms with Crippen molar-refractivity contribution in [3.63, 3.8) is 0 Å². The Kier molecular flexibility index (Phi) is 12.1. The number of carbonyl (C=O) groups excluding carboxylic acids is 4. The van der Waals surface area contributed by atoms with Gasteiger partial charge in [0.25, 0.3) is 5.91 Å². The van der Waals surface area contributed by atoms with Crippen molar-refractivity contribution >= 4 is 33.0 Å². The van der Waals surface area contributed by atoms with Crippen molar-refractivity contribution in [3.05, 3.63) is 35.9 Å². The van der Waals surface area contributed by atoms with Crippen molar-refractivity contribution in [2.45, 2.75) is 82.9 Å². The minimum Gasteiger partial charge on any atom is -0.381 e. The van der Waals surface area contributed by atoms with Gasteiger partial charge in [-0.15, -0.1) is 0 Å². The zero-order valence-corrected chi connectivity index (χ0v) is 24.0. The molecule has 0 spiro atoms. The minimum atomic E-state index is -1.56. The molecular weight excluding hydrogens is 509 g/mol. The maximum atomic E-state index is 13.0. The molecule has 3 unspecified atom stereocenters. The van der Waals surface area contributed by atoms with Crippen molar-refractivity contribution in [2.75, 3.05) is 20.1 Å². The predicted octanol–water partition coefficient (Wildman–Crippen LogP) is 0.400.